The van der Waals surface area contributed by atoms with E-state index in [2.05, 4.69) is 4.74 Å². The van der Waals surface area contributed by atoms with Crippen LogP contribution in [0.4, 0.5) is 0 Å². The summed E-state index contributed by atoms with van der Waals surface area (Å²) in [6.45, 7) is 0. The molecule has 3 nitrogen and oxygen atoms in total. The Morgan fingerprint density at radius 3 is 3.00 bits per heavy atom. The number of methoxy groups -OCH3 is 1. The molecule has 3 heteroatoms. The summed E-state index contributed by atoms with van der Waals surface area (Å²) in [5.41, 5.74) is 0. The van der Waals surface area contributed by atoms with Gasteiger partial charge in [0, 0.05) is 5.92 Å². The molecule has 2 aliphatic rings. The third-order valence-electron chi connectivity index (χ3n) is 2.02. The molecule has 0 saturated heterocycles. The van der Waals surface area contributed by atoms with E-state index in [1.165, 1.54) is 7.11 Å². The molecular formula is C7H8O3. The Balaban J connectivity index is 2.01. The molecule has 54 valence electrons. The highest BCUT2D eigenvalue weighted by atomic mass is 16.5. The molecule has 0 bridgehead atoms. The van der Waals surface area contributed by atoms with Crippen LogP contribution in [-0.4, -0.2) is 19.2 Å². The Labute approximate surface area is 58.6 Å². The van der Waals surface area contributed by atoms with Crippen LogP contribution in [0.3, 0.4) is 0 Å². The van der Waals surface area contributed by atoms with Crippen LogP contribution in [0.2, 0.25) is 0 Å². The van der Waals surface area contributed by atoms with Crippen molar-refractivity contribution in [1.82, 2.24) is 0 Å². The molecule has 0 unspecified atom stereocenters. The zero-order valence-electron chi connectivity index (χ0n) is 5.61. The Bertz CT molecular complexity index is 197. The molecule has 0 radical (unpaired) electrons. The van der Waals surface area contributed by atoms with Gasteiger partial charge in [0.15, 0.2) is 0 Å². The molecule has 1 heterocycles. The first-order valence-corrected chi connectivity index (χ1v) is 3.24. The van der Waals surface area contributed by atoms with Crippen molar-refractivity contribution in [2.45, 2.75) is 6.10 Å². The number of carbonyl (C=O) groups is 1. The van der Waals surface area contributed by atoms with Gasteiger partial charge in [0.05, 0.1) is 13.4 Å². The summed E-state index contributed by atoms with van der Waals surface area (Å²) in [6.07, 6.45) is 3.65. The number of hydrogen-bond acceptors (Lipinski definition) is 3. The summed E-state index contributed by atoms with van der Waals surface area (Å²) in [7, 11) is 1.40. The summed E-state index contributed by atoms with van der Waals surface area (Å²) in [6, 6.07) is 0. The number of carbonyl (C=O) groups excluding carboxylic acids is 1. The predicted molar refractivity (Wildman–Crippen MR) is 33.0 cm³/mol. The van der Waals surface area contributed by atoms with Crippen LogP contribution in [0.1, 0.15) is 0 Å². The maximum Gasteiger partial charge on any atom is 0.313 e. The summed E-state index contributed by atoms with van der Waals surface area (Å²) >= 11 is 0. The van der Waals surface area contributed by atoms with Crippen LogP contribution in [0, 0.1) is 11.8 Å². The number of hydrogen-bond donors (Lipinski definition) is 0. The fraction of sp³-hybridized carbons (Fsp3) is 0.571. The van der Waals surface area contributed by atoms with Gasteiger partial charge in [-0.2, -0.15) is 0 Å². The van der Waals surface area contributed by atoms with E-state index < -0.39 is 0 Å². The van der Waals surface area contributed by atoms with Gasteiger partial charge in [0.25, 0.3) is 0 Å². The van der Waals surface area contributed by atoms with Crippen LogP contribution in [0.25, 0.3) is 0 Å². The van der Waals surface area contributed by atoms with Gasteiger partial charge >= 0.3 is 5.97 Å². The first-order valence-electron chi connectivity index (χ1n) is 3.24. The minimum Gasteiger partial charge on any atom is -0.497 e. The second kappa shape index (κ2) is 1.75. The Hall–Kier alpha value is -0.990. The van der Waals surface area contributed by atoms with Crippen LogP contribution in [0.5, 0.6) is 0 Å². The monoisotopic (exact) mass is 140 g/mol. The summed E-state index contributed by atoms with van der Waals surface area (Å²) in [4.78, 5) is 10.9. The molecule has 0 aromatic heterocycles. The van der Waals surface area contributed by atoms with Crippen LogP contribution in [0.15, 0.2) is 12.3 Å². The lowest BCUT2D eigenvalue weighted by molar-refractivity contribution is -0.143. The van der Waals surface area contributed by atoms with E-state index in [9.17, 15) is 4.79 Å². The predicted octanol–water partition coefficient (Wildman–Crippen LogP) is 0.318. The van der Waals surface area contributed by atoms with Crippen molar-refractivity contribution in [3.63, 3.8) is 0 Å². The average Bonchev–Trinajstić information content (AvgIpc) is 2.43. The van der Waals surface area contributed by atoms with Crippen molar-refractivity contribution < 1.29 is 14.3 Å². The Morgan fingerprint density at radius 1 is 1.70 bits per heavy atom. The van der Waals surface area contributed by atoms with Crippen molar-refractivity contribution in [2.24, 2.45) is 11.8 Å². The fourth-order valence-electron chi connectivity index (χ4n) is 1.36. The molecule has 0 amide bonds. The van der Waals surface area contributed by atoms with Crippen molar-refractivity contribution >= 4 is 5.97 Å². The van der Waals surface area contributed by atoms with Crippen molar-refractivity contribution in [1.29, 1.82) is 0 Å². The zero-order chi connectivity index (χ0) is 7.14. The number of rotatable bonds is 1. The summed E-state index contributed by atoms with van der Waals surface area (Å²) in [5.74, 6) is 0.127. The smallest absolute Gasteiger partial charge is 0.313 e. The molecular weight excluding hydrogens is 132 g/mol. The standard InChI is InChI=1S/C7H8O3/c1-9-7(8)5-4-2-3-10-6(4)5/h2-6H,1H3/t4-,5-,6-/m1/s1. The second-order valence-corrected chi connectivity index (χ2v) is 2.56. The highest BCUT2D eigenvalue weighted by Crippen LogP contribution is 2.47. The zero-order valence-corrected chi connectivity index (χ0v) is 5.61. The van der Waals surface area contributed by atoms with Crippen LogP contribution < -0.4 is 0 Å². The molecule has 10 heavy (non-hydrogen) atoms. The van der Waals surface area contributed by atoms with Crippen molar-refractivity contribution in [2.75, 3.05) is 7.11 Å². The maximum absolute atomic E-state index is 10.9. The SMILES string of the molecule is COC(=O)[C@@H]1[C@H]2C=CO[C@H]21. The van der Waals surface area contributed by atoms with E-state index in [0.29, 0.717) is 5.92 Å². The van der Waals surface area contributed by atoms with Gasteiger partial charge in [-0.1, -0.05) is 0 Å². The highest BCUT2D eigenvalue weighted by molar-refractivity contribution is 5.78. The second-order valence-electron chi connectivity index (χ2n) is 2.56. The molecule has 3 atom stereocenters. The van der Waals surface area contributed by atoms with Gasteiger partial charge < -0.3 is 9.47 Å². The van der Waals surface area contributed by atoms with Gasteiger partial charge in [0.1, 0.15) is 12.0 Å². The van der Waals surface area contributed by atoms with Gasteiger partial charge in [-0.3, -0.25) is 4.79 Å². The minimum atomic E-state index is -0.153. The molecule has 1 aliphatic heterocycles. The Morgan fingerprint density at radius 2 is 2.50 bits per heavy atom. The van der Waals surface area contributed by atoms with Crippen molar-refractivity contribution in [3.05, 3.63) is 12.3 Å². The third kappa shape index (κ3) is 0.574. The van der Waals surface area contributed by atoms with Crippen LogP contribution in [-0.2, 0) is 14.3 Å². The molecule has 0 spiro atoms. The van der Waals surface area contributed by atoms with Crippen molar-refractivity contribution in [3.8, 4) is 0 Å². The summed E-state index contributed by atoms with van der Waals surface area (Å²) < 4.78 is 9.64. The Kier molecular flexibility index (Phi) is 1.01. The number of ether oxygens (including phenoxy) is 2. The number of fused-ring (bicyclic) bond motifs is 1. The van der Waals surface area contributed by atoms with E-state index in [0.717, 1.165) is 0 Å². The van der Waals surface area contributed by atoms with Gasteiger partial charge in [0.2, 0.25) is 0 Å². The minimum absolute atomic E-state index is 0.0185. The number of esters is 1. The lowest BCUT2D eigenvalue weighted by Crippen LogP contribution is -2.07. The van der Waals surface area contributed by atoms with Gasteiger partial charge in [-0.15, -0.1) is 0 Å². The molecule has 0 aromatic rings. The third-order valence-corrected chi connectivity index (χ3v) is 2.02. The lowest BCUT2D eigenvalue weighted by atomic mass is 10.3. The van der Waals surface area contributed by atoms with Gasteiger partial charge in [-0.25, -0.2) is 0 Å². The van der Waals surface area contributed by atoms with Crippen LogP contribution >= 0.6 is 0 Å². The van der Waals surface area contributed by atoms with E-state index >= 15 is 0 Å². The lowest BCUT2D eigenvalue weighted by Gasteiger charge is -1.97. The first kappa shape index (κ1) is 5.77. The first-order chi connectivity index (χ1) is 4.84. The summed E-state index contributed by atoms with van der Waals surface area (Å²) in [5, 5.41) is 0. The molecule has 1 aliphatic carbocycles. The van der Waals surface area contributed by atoms with E-state index in [-0.39, 0.29) is 18.0 Å². The topological polar surface area (TPSA) is 35.5 Å². The van der Waals surface area contributed by atoms with E-state index in [1.54, 1.807) is 6.26 Å². The largest absolute Gasteiger partial charge is 0.497 e. The molecule has 1 fully saturated rings. The molecule has 0 N–H and O–H groups in total. The normalized spacial score (nSPS) is 40.3. The molecule has 1 saturated carbocycles. The quantitative estimate of drug-likeness (QED) is 0.492. The average molecular weight is 140 g/mol. The van der Waals surface area contributed by atoms with E-state index in [4.69, 9.17) is 4.74 Å². The molecule has 0 aromatic carbocycles. The van der Waals surface area contributed by atoms with E-state index in [1.807, 2.05) is 6.08 Å². The highest BCUT2D eigenvalue weighted by Gasteiger charge is 2.58. The van der Waals surface area contributed by atoms with Gasteiger partial charge in [-0.05, 0) is 6.08 Å². The fourth-order valence-corrected chi connectivity index (χ4v) is 1.36. The molecule has 2 rings (SSSR count). The maximum atomic E-state index is 10.9.